The molecule has 3 N–H and O–H groups in total. The molecule has 0 spiro atoms. The predicted octanol–water partition coefficient (Wildman–Crippen LogP) is 2.17. The Hall–Kier alpha value is -2.03. The first-order valence-electron chi connectivity index (χ1n) is 7.57. The van der Waals surface area contributed by atoms with E-state index in [2.05, 4.69) is 20.6 Å². The van der Waals surface area contributed by atoms with Gasteiger partial charge in [-0.2, -0.15) is 0 Å². The average Bonchev–Trinajstić information content (AvgIpc) is 3.22. The van der Waals surface area contributed by atoms with Crippen LogP contribution in [0.25, 0.3) is 0 Å². The Morgan fingerprint density at radius 1 is 1.46 bits per heavy atom. The van der Waals surface area contributed by atoms with Crippen LogP contribution in [0.3, 0.4) is 0 Å². The summed E-state index contributed by atoms with van der Waals surface area (Å²) in [4.78, 5) is 4.18. The smallest absolute Gasteiger partial charge is 0.174 e. The molecule has 0 amide bonds. The van der Waals surface area contributed by atoms with E-state index >= 15 is 0 Å². The summed E-state index contributed by atoms with van der Waals surface area (Å²) in [6.45, 7) is 1.96. The lowest BCUT2D eigenvalue weighted by molar-refractivity contribution is 0.110. The molecule has 1 aromatic heterocycles. The van der Waals surface area contributed by atoms with Crippen molar-refractivity contribution in [2.24, 2.45) is 10.7 Å². The molecule has 1 fully saturated rings. The number of hydrogen-bond donors (Lipinski definition) is 2. The van der Waals surface area contributed by atoms with Crippen LogP contribution in [-0.2, 0) is 11.3 Å². The number of nitrogens with one attached hydrogen (secondary N) is 1. The molecule has 0 radical (unpaired) electrons. The zero-order valence-electron chi connectivity index (χ0n) is 12.8. The minimum Gasteiger partial charge on any atom is -0.382 e. The van der Waals surface area contributed by atoms with Crippen molar-refractivity contribution >= 4 is 23.1 Å². The molecule has 1 aliphatic heterocycles. The molecule has 0 bridgehead atoms. The highest BCUT2D eigenvalue weighted by molar-refractivity contribution is 6.31. The SMILES string of the molecule is NC(=Nc1ccc(F)c(Cl)c1)c1nonc1CNCC1CCCO1. The summed E-state index contributed by atoms with van der Waals surface area (Å²) in [6, 6.07) is 4.07. The molecule has 1 saturated heterocycles. The van der Waals surface area contributed by atoms with E-state index in [1.807, 2.05) is 0 Å². The number of halogens is 2. The molecular formula is C15H17ClFN5O2. The summed E-state index contributed by atoms with van der Waals surface area (Å²) < 4.78 is 23.5. The molecule has 1 aliphatic rings. The molecule has 1 aromatic carbocycles. The van der Waals surface area contributed by atoms with Gasteiger partial charge in [-0.25, -0.2) is 14.0 Å². The van der Waals surface area contributed by atoms with Crippen LogP contribution in [0.5, 0.6) is 0 Å². The average molecular weight is 354 g/mol. The third-order valence-electron chi connectivity index (χ3n) is 3.64. The van der Waals surface area contributed by atoms with E-state index in [0.29, 0.717) is 23.6 Å². The van der Waals surface area contributed by atoms with Crippen molar-refractivity contribution in [1.29, 1.82) is 0 Å². The Bertz CT molecular complexity index is 730. The van der Waals surface area contributed by atoms with Crippen molar-refractivity contribution in [2.45, 2.75) is 25.5 Å². The standard InChI is InChI=1S/C15H17ClFN5O2/c16-11-6-9(3-4-12(11)17)20-15(18)14-13(21-24-22-14)8-19-7-10-2-1-5-23-10/h3-4,6,10,19H,1-2,5,7-8H2,(H2,18,20). The summed E-state index contributed by atoms with van der Waals surface area (Å²) in [7, 11) is 0. The summed E-state index contributed by atoms with van der Waals surface area (Å²) in [6.07, 6.45) is 2.36. The van der Waals surface area contributed by atoms with Crippen molar-refractivity contribution in [2.75, 3.05) is 13.2 Å². The second-order valence-corrected chi connectivity index (χ2v) is 5.83. The van der Waals surface area contributed by atoms with E-state index in [0.717, 1.165) is 26.0 Å². The normalized spacial score (nSPS) is 18.2. The summed E-state index contributed by atoms with van der Waals surface area (Å²) in [5.41, 5.74) is 7.26. The molecule has 3 rings (SSSR count). The van der Waals surface area contributed by atoms with Crippen LogP contribution in [0.1, 0.15) is 24.2 Å². The molecular weight excluding hydrogens is 337 g/mol. The Balaban J connectivity index is 1.66. The molecule has 2 aromatic rings. The number of nitrogens with zero attached hydrogens (tertiary/aromatic N) is 3. The summed E-state index contributed by atoms with van der Waals surface area (Å²) >= 11 is 5.73. The van der Waals surface area contributed by atoms with Gasteiger partial charge in [0.25, 0.3) is 0 Å². The molecule has 7 nitrogen and oxygen atoms in total. The van der Waals surface area contributed by atoms with Gasteiger partial charge < -0.3 is 15.8 Å². The highest BCUT2D eigenvalue weighted by atomic mass is 35.5. The quantitative estimate of drug-likeness (QED) is 0.610. The van der Waals surface area contributed by atoms with Crippen LogP contribution >= 0.6 is 11.6 Å². The first-order chi connectivity index (χ1) is 11.6. The number of benzene rings is 1. The fraction of sp³-hybridized carbons (Fsp3) is 0.400. The molecule has 9 heteroatoms. The van der Waals surface area contributed by atoms with E-state index < -0.39 is 5.82 Å². The van der Waals surface area contributed by atoms with E-state index in [9.17, 15) is 4.39 Å². The van der Waals surface area contributed by atoms with E-state index in [1.54, 1.807) is 0 Å². The van der Waals surface area contributed by atoms with Crippen LogP contribution in [0.15, 0.2) is 27.8 Å². The minimum absolute atomic E-state index is 0.0271. The molecule has 2 heterocycles. The Labute approximate surface area is 143 Å². The number of hydrogen-bond acceptors (Lipinski definition) is 6. The van der Waals surface area contributed by atoms with Gasteiger partial charge >= 0.3 is 0 Å². The predicted molar refractivity (Wildman–Crippen MR) is 86.8 cm³/mol. The van der Waals surface area contributed by atoms with Gasteiger partial charge in [-0.05, 0) is 36.2 Å². The molecule has 1 unspecified atom stereocenters. The van der Waals surface area contributed by atoms with E-state index in [4.69, 9.17) is 26.7 Å². The van der Waals surface area contributed by atoms with Gasteiger partial charge in [0.15, 0.2) is 11.5 Å². The third kappa shape index (κ3) is 4.08. The zero-order valence-corrected chi connectivity index (χ0v) is 13.6. The number of aromatic nitrogens is 2. The molecule has 0 aliphatic carbocycles. The number of ether oxygens (including phenoxy) is 1. The maximum atomic E-state index is 13.2. The van der Waals surface area contributed by atoms with E-state index in [-0.39, 0.29) is 17.0 Å². The monoisotopic (exact) mass is 353 g/mol. The van der Waals surface area contributed by atoms with Gasteiger partial charge in [-0.1, -0.05) is 16.8 Å². The zero-order chi connectivity index (χ0) is 16.9. The van der Waals surface area contributed by atoms with Gasteiger partial charge in [0.05, 0.1) is 16.8 Å². The number of amidine groups is 1. The van der Waals surface area contributed by atoms with Gasteiger partial charge in [0.1, 0.15) is 11.5 Å². The Kier molecular flexibility index (Phi) is 5.39. The van der Waals surface area contributed by atoms with Crippen molar-refractivity contribution in [3.05, 3.63) is 40.4 Å². The molecule has 24 heavy (non-hydrogen) atoms. The van der Waals surface area contributed by atoms with Crippen LogP contribution in [-0.4, -0.2) is 35.4 Å². The number of nitrogens with two attached hydrogens (primary N) is 1. The minimum atomic E-state index is -0.517. The fourth-order valence-electron chi connectivity index (χ4n) is 2.42. The molecule has 1 atom stereocenters. The number of aliphatic imine (C=N–C) groups is 1. The van der Waals surface area contributed by atoms with Crippen LogP contribution < -0.4 is 11.1 Å². The topological polar surface area (TPSA) is 98.6 Å². The van der Waals surface area contributed by atoms with E-state index in [1.165, 1.54) is 18.2 Å². The van der Waals surface area contributed by atoms with Crippen molar-refractivity contribution in [3.63, 3.8) is 0 Å². The lowest BCUT2D eigenvalue weighted by Crippen LogP contribution is -2.27. The van der Waals surface area contributed by atoms with Crippen molar-refractivity contribution < 1.29 is 13.8 Å². The van der Waals surface area contributed by atoms with Crippen molar-refractivity contribution in [3.8, 4) is 0 Å². The fourth-order valence-corrected chi connectivity index (χ4v) is 2.60. The molecule has 0 saturated carbocycles. The van der Waals surface area contributed by atoms with Crippen LogP contribution in [0.4, 0.5) is 10.1 Å². The third-order valence-corrected chi connectivity index (χ3v) is 3.93. The number of rotatable bonds is 6. The van der Waals surface area contributed by atoms with Crippen molar-refractivity contribution in [1.82, 2.24) is 15.6 Å². The maximum absolute atomic E-state index is 13.2. The largest absolute Gasteiger partial charge is 0.382 e. The maximum Gasteiger partial charge on any atom is 0.174 e. The highest BCUT2D eigenvalue weighted by Crippen LogP contribution is 2.22. The lowest BCUT2D eigenvalue weighted by atomic mass is 10.2. The second-order valence-electron chi connectivity index (χ2n) is 5.42. The van der Waals surface area contributed by atoms with Gasteiger partial charge in [-0.15, -0.1) is 0 Å². The van der Waals surface area contributed by atoms with Gasteiger partial charge in [0.2, 0.25) is 0 Å². The van der Waals surface area contributed by atoms with Crippen LogP contribution in [0.2, 0.25) is 5.02 Å². The second kappa shape index (κ2) is 7.69. The van der Waals surface area contributed by atoms with Gasteiger partial charge in [-0.3, -0.25) is 0 Å². The first kappa shape index (κ1) is 16.8. The Morgan fingerprint density at radius 3 is 3.08 bits per heavy atom. The summed E-state index contributed by atoms with van der Waals surface area (Å²) in [5.74, 6) is -0.399. The van der Waals surface area contributed by atoms with Crippen LogP contribution in [0, 0.1) is 5.82 Å². The Morgan fingerprint density at radius 2 is 2.33 bits per heavy atom. The molecule has 128 valence electrons. The summed E-state index contributed by atoms with van der Waals surface area (Å²) in [5, 5.41) is 10.8. The van der Waals surface area contributed by atoms with Gasteiger partial charge in [0, 0.05) is 19.7 Å². The highest BCUT2D eigenvalue weighted by Gasteiger charge is 2.17. The first-order valence-corrected chi connectivity index (χ1v) is 7.94. The lowest BCUT2D eigenvalue weighted by Gasteiger charge is -2.09.